The smallest absolute Gasteiger partial charge is 0.237 e. The van der Waals surface area contributed by atoms with Crippen LogP contribution in [0.3, 0.4) is 0 Å². The number of rotatable bonds is 9. The molecule has 4 nitrogen and oxygen atoms in total. The Morgan fingerprint density at radius 3 is 2.56 bits per heavy atom. The summed E-state index contributed by atoms with van der Waals surface area (Å²) in [5.41, 5.74) is 4.75. The molecule has 3 N–H and O–H groups in total. The SMILES string of the molecule is CCC(C)OCCCCC(C)(NC)C(N)=O. The predicted octanol–water partition coefficient (Wildman–Crippen LogP) is 1.44. The molecule has 0 spiro atoms. The fourth-order valence-electron chi connectivity index (χ4n) is 1.35. The molecular weight excluding hydrogens is 204 g/mol. The molecule has 2 atom stereocenters. The van der Waals surface area contributed by atoms with Gasteiger partial charge in [0.2, 0.25) is 5.91 Å². The number of likely N-dealkylation sites (N-methyl/N-ethyl adjacent to an activating group) is 1. The summed E-state index contributed by atoms with van der Waals surface area (Å²) in [7, 11) is 1.76. The lowest BCUT2D eigenvalue weighted by atomic mass is 9.94. The number of nitrogens with one attached hydrogen (secondary N) is 1. The molecule has 16 heavy (non-hydrogen) atoms. The van der Waals surface area contributed by atoms with Crippen LogP contribution in [-0.2, 0) is 9.53 Å². The Morgan fingerprint density at radius 2 is 2.12 bits per heavy atom. The van der Waals surface area contributed by atoms with Crippen molar-refractivity contribution in [1.82, 2.24) is 5.32 Å². The summed E-state index contributed by atoms with van der Waals surface area (Å²) in [5.74, 6) is -0.294. The minimum Gasteiger partial charge on any atom is -0.379 e. The van der Waals surface area contributed by atoms with E-state index in [1.807, 2.05) is 6.92 Å². The summed E-state index contributed by atoms with van der Waals surface area (Å²) in [4.78, 5) is 11.2. The normalized spacial score (nSPS) is 16.8. The lowest BCUT2D eigenvalue weighted by molar-refractivity contribution is -0.123. The first-order valence-electron chi connectivity index (χ1n) is 6.06. The van der Waals surface area contributed by atoms with E-state index in [0.717, 1.165) is 32.3 Å². The minimum atomic E-state index is -0.587. The lowest BCUT2D eigenvalue weighted by Gasteiger charge is -2.25. The minimum absolute atomic E-state index is 0.294. The van der Waals surface area contributed by atoms with Gasteiger partial charge in [-0.15, -0.1) is 0 Å². The van der Waals surface area contributed by atoms with Crippen LogP contribution in [0.25, 0.3) is 0 Å². The summed E-state index contributed by atoms with van der Waals surface area (Å²) < 4.78 is 5.56. The van der Waals surface area contributed by atoms with Crippen LogP contribution in [0.1, 0.15) is 46.5 Å². The van der Waals surface area contributed by atoms with Crippen molar-refractivity contribution in [3.8, 4) is 0 Å². The van der Waals surface area contributed by atoms with Crippen molar-refractivity contribution in [3.05, 3.63) is 0 Å². The van der Waals surface area contributed by atoms with Crippen LogP contribution in [0, 0.1) is 0 Å². The summed E-state index contributed by atoms with van der Waals surface area (Å²) in [6.07, 6.45) is 4.02. The Morgan fingerprint density at radius 1 is 1.50 bits per heavy atom. The van der Waals surface area contributed by atoms with Gasteiger partial charge in [-0.25, -0.2) is 0 Å². The quantitative estimate of drug-likeness (QED) is 0.589. The molecule has 0 aromatic carbocycles. The van der Waals surface area contributed by atoms with Crippen LogP contribution in [-0.4, -0.2) is 31.2 Å². The maximum absolute atomic E-state index is 11.2. The number of carbonyl (C=O) groups is 1. The molecule has 96 valence electrons. The first-order valence-corrected chi connectivity index (χ1v) is 6.06. The number of hydrogen-bond acceptors (Lipinski definition) is 3. The van der Waals surface area contributed by atoms with Gasteiger partial charge >= 0.3 is 0 Å². The monoisotopic (exact) mass is 230 g/mol. The molecular formula is C12H26N2O2. The third kappa shape index (κ3) is 5.47. The summed E-state index contributed by atoms with van der Waals surface area (Å²) in [6, 6.07) is 0. The highest BCUT2D eigenvalue weighted by atomic mass is 16.5. The third-order valence-corrected chi connectivity index (χ3v) is 3.14. The van der Waals surface area contributed by atoms with E-state index in [-0.39, 0.29) is 5.91 Å². The second-order valence-corrected chi connectivity index (χ2v) is 4.49. The van der Waals surface area contributed by atoms with Crippen LogP contribution in [0.4, 0.5) is 0 Å². The second kappa shape index (κ2) is 7.63. The van der Waals surface area contributed by atoms with Crippen LogP contribution in [0.2, 0.25) is 0 Å². The van der Waals surface area contributed by atoms with E-state index in [4.69, 9.17) is 10.5 Å². The van der Waals surface area contributed by atoms with Crippen LogP contribution < -0.4 is 11.1 Å². The topological polar surface area (TPSA) is 64.3 Å². The first kappa shape index (κ1) is 15.4. The molecule has 0 aliphatic rings. The van der Waals surface area contributed by atoms with Gasteiger partial charge in [-0.2, -0.15) is 0 Å². The molecule has 0 bridgehead atoms. The maximum Gasteiger partial charge on any atom is 0.237 e. The van der Waals surface area contributed by atoms with Gasteiger partial charge < -0.3 is 15.8 Å². The molecule has 4 heteroatoms. The zero-order chi connectivity index (χ0) is 12.6. The van der Waals surface area contributed by atoms with Crippen molar-refractivity contribution in [1.29, 1.82) is 0 Å². The Kier molecular flexibility index (Phi) is 7.34. The molecule has 0 heterocycles. The molecule has 0 aliphatic carbocycles. The molecule has 0 saturated heterocycles. The maximum atomic E-state index is 11.2. The lowest BCUT2D eigenvalue weighted by Crippen LogP contribution is -2.51. The highest BCUT2D eigenvalue weighted by Gasteiger charge is 2.27. The molecule has 1 amide bonds. The number of primary amides is 1. The average Bonchev–Trinajstić information content (AvgIpc) is 2.27. The molecule has 0 rings (SSSR count). The van der Waals surface area contributed by atoms with Crippen molar-refractivity contribution >= 4 is 5.91 Å². The van der Waals surface area contributed by atoms with Crippen molar-refractivity contribution in [2.24, 2.45) is 5.73 Å². The molecule has 0 aromatic heterocycles. The second-order valence-electron chi connectivity index (χ2n) is 4.49. The van der Waals surface area contributed by atoms with Crippen LogP contribution in [0.15, 0.2) is 0 Å². The van der Waals surface area contributed by atoms with E-state index < -0.39 is 5.54 Å². The number of carbonyl (C=O) groups excluding carboxylic acids is 1. The Bertz CT molecular complexity index is 209. The summed E-state index contributed by atoms with van der Waals surface area (Å²) in [6.45, 7) is 6.77. The fourth-order valence-corrected chi connectivity index (χ4v) is 1.35. The molecule has 0 aromatic rings. The number of unbranched alkanes of at least 4 members (excludes halogenated alkanes) is 1. The highest BCUT2D eigenvalue weighted by Crippen LogP contribution is 2.13. The molecule has 2 unspecified atom stereocenters. The fraction of sp³-hybridized carbons (Fsp3) is 0.917. The molecule has 0 aliphatic heterocycles. The predicted molar refractivity (Wildman–Crippen MR) is 66.2 cm³/mol. The van der Waals surface area contributed by atoms with Gasteiger partial charge in [0.25, 0.3) is 0 Å². The Labute approximate surface area is 98.9 Å². The van der Waals surface area contributed by atoms with Crippen LogP contribution >= 0.6 is 0 Å². The molecule has 0 fully saturated rings. The van der Waals surface area contributed by atoms with E-state index in [1.54, 1.807) is 7.05 Å². The molecule has 0 radical (unpaired) electrons. The number of hydrogen-bond donors (Lipinski definition) is 2. The number of amides is 1. The van der Waals surface area contributed by atoms with Crippen molar-refractivity contribution in [2.75, 3.05) is 13.7 Å². The van der Waals surface area contributed by atoms with Gasteiger partial charge in [-0.05, 0) is 46.6 Å². The summed E-state index contributed by atoms with van der Waals surface area (Å²) in [5, 5.41) is 2.97. The first-order chi connectivity index (χ1) is 7.46. The zero-order valence-corrected chi connectivity index (χ0v) is 11.0. The van der Waals surface area contributed by atoms with Crippen molar-refractivity contribution < 1.29 is 9.53 Å². The van der Waals surface area contributed by atoms with Gasteiger partial charge in [0.15, 0.2) is 0 Å². The van der Waals surface area contributed by atoms with Gasteiger partial charge in [0.05, 0.1) is 11.6 Å². The van der Waals surface area contributed by atoms with E-state index in [9.17, 15) is 4.79 Å². The van der Waals surface area contributed by atoms with E-state index in [2.05, 4.69) is 19.2 Å². The van der Waals surface area contributed by atoms with Gasteiger partial charge in [-0.3, -0.25) is 4.79 Å². The highest BCUT2D eigenvalue weighted by molar-refractivity contribution is 5.84. The number of ether oxygens (including phenoxy) is 1. The van der Waals surface area contributed by atoms with Gasteiger partial charge in [0, 0.05) is 6.61 Å². The standard InChI is InChI=1S/C12H26N2O2/c1-5-10(2)16-9-7-6-8-12(3,14-4)11(13)15/h10,14H,5-9H2,1-4H3,(H2,13,15). The van der Waals surface area contributed by atoms with Crippen LogP contribution in [0.5, 0.6) is 0 Å². The third-order valence-electron chi connectivity index (χ3n) is 3.14. The van der Waals surface area contributed by atoms with Gasteiger partial charge in [-0.1, -0.05) is 6.92 Å². The largest absolute Gasteiger partial charge is 0.379 e. The molecule has 0 saturated carbocycles. The Hall–Kier alpha value is -0.610. The van der Waals surface area contributed by atoms with E-state index >= 15 is 0 Å². The van der Waals surface area contributed by atoms with E-state index in [1.165, 1.54) is 0 Å². The van der Waals surface area contributed by atoms with E-state index in [0.29, 0.717) is 6.10 Å². The van der Waals surface area contributed by atoms with Gasteiger partial charge in [0.1, 0.15) is 0 Å². The number of nitrogens with two attached hydrogens (primary N) is 1. The van der Waals surface area contributed by atoms with Crippen molar-refractivity contribution in [3.63, 3.8) is 0 Å². The van der Waals surface area contributed by atoms with Crippen molar-refractivity contribution in [2.45, 2.75) is 58.1 Å². The Balaban J connectivity index is 3.68. The summed E-state index contributed by atoms with van der Waals surface area (Å²) >= 11 is 0. The zero-order valence-electron chi connectivity index (χ0n) is 11.0. The average molecular weight is 230 g/mol.